The van der Waals surface area contributed by atoms with Crippen LogP contribution in [-0.4, -0.2) is 64.3 Å². The lowest BCUT2D eigenvalue weighted by atomic mass is 10.1. The van der Waals surface area contributed by atoms with E-state index in [0.717, 1.165) is 31.7 Å². The molecular formula is C14H25N5O. The summed E-state index contributed by atoms with van der Waals surface area (Å²) in [5, 5.41) is 6.98. The van der Waals surface area contributed by atoms with Gasteiger partial charge in [0.15, 0.2) is 0 Å². The molecule has 1 aromatic heterocycles. The third-order valence-electron chi connectivity index (χ3n) is 3.95. The first-order chi connectivity index (χ1) is 9.51. The van der Waals surface area contributed by atoms with Gasteiger partial charge >= 0.3 is 0 Å². The molecule has 6 nitrogen and oxygen atoms in total. The molecule has 1 atom stereocenters. The zero-order valence-corrected chi connectivity index (χ0v) is 12.8. The number of likely N-dealkylation sites (N-methyl/N-ethyl adjacent to an activating group) is 1. The van der Waals surface area contributed by atoms with Crippen molar-refractivity contribution in [2.24, 2.45) is 7.05 Å². The van der Waals surface area contributed by atoms with Crippen molar-refractivity contribution in [2.75, 3.05) is 26.7 Å². The Labute approximate surface area is 120 Å². The molecule has 1 aliphatic heterocycles. The monoisotopic (exact) mass is 279 g/mol. The lowest BCUT2D eigenvalue weighted by Crippen LogP contribution is -2.59. The number of nitrogens with one attached hydrogen (secondary N) is 1. The number of hydrogen-bond donors (Lipinski definition) is 1. The highest BCUT2D eigenvalue weighted by molar-refractivity contribution is 5.81. The van der Waals surface area contributed by atoms with Crippen LogP contribution in [0.1, 0.15) is 19.4 Å². The van der Waals surface area contributed by atoms with Crippen molar-refractivity contribution in [3.05, 3.63) is 18.0 Å². The van der Waals surface area contributed by atoms with Crippen LogP contribution >= 0.6 is 0 Å². The molecule has 2 heterocycles. The van der Waals surface area contributed by atoms with Crippen molar-refractivity contribution in [3.63, 3.8) is 0 Å². The maximum absolute atomic E-state index is 12.1. The zero-order chi connectivity index (χ0) is 14.7. The van der Waals surface area contributed by atoms with Gasteiger partial charge in [-0.1, -0.05) is 0 Å². The molecule has 1 unspecified atom stereocenters. The van der Waals surface area contributed by atoms with Gasteiger partial charge in [-0.2, -0.15) is 5.10 Å². The summed E-state index contributed by atoms with van der Waals surface area (Å²) in [5.41, 5.74) is 1.15. The largest absolute Gasteiger partial charge is 0.358 e. The Morgan fingerprint density at radius 1 is 1.50 bits per heavy atom. The molecule has 1 aliphatic rings. The van der Waals surface area contributed by atoms with E-state index in [1.165, 1.54) is 0 Å². The predicted molar refractivity (Wildman–Crippen MR) is 78.2 cm³/mol. The molecule has 2 rings (SSSR count). The van der Waals surface area contributed by atoms with Gasteiger partial charge in [0.05, 0.1) is 6.20 Å². The van der Waals surface area contributed by atoms with Gasteiger partial charge in [0, 0.05) is 58.1 Å². The van der Waals surface area contributed by atoms with Crippen molar-refractivity contribution < 1.29 is 4.79 Å². The van der Waals surface area contributed by atoms with E-state index in [1.807, 2.05) is 19.4 Å². The Kier molecular flexibility index (Phi) is 4.77. The summed E-state index contributed by atoms with van der Waals surface area (Å²) < 4.78 is 1.80. The second kappa shape index (κ2) is 6.37. The Hall–Kier alpha value is -1.40. The quantitative estimate of drug-likeness (QED) is 0.847. The van der Waals surface area contributed by atoms with Crippen LogP contribution in [0.5, 0.6) is 0 Å². The molecule has 1 saturated heterocycles. The third kappa shape index (κ3) is 3.37. The van der Waals surface area contributed by atoms with Crippen LogP contribution in [-0.2, 0) is 18.4 Å². The van der Waals surface area contributed by atoms with E-state index < -0.39 is 0 Å². The molecule has 0 spiro atoms. The number of amides is 1. The number of carbonyl (C=O) groups is 1. The number of aryl methyl sites for hydroxylation is 1. The van der Waals surface area contributed by atoms with Gasteiger partial charge < -0.3 is 5.32 Å². The van der Waals surface area contributed by atoms with Crippen molar-refractivity contribution in [2.45, 2.75) is 32.5 Å². The van der Waals surface area contributed by atoms with Gasteiger partial charge in [0.25, 0.3) is 0 Å². The van der Waals surface area contributed by atoms with Crippen LogP contribution in [0.2, 0.25) is 0 Å². The van der Waals surface area contributed by atoms with Gasteiger partial charge in [0.2, 0.25) is 5.91 Å². The molecule has 1 aromatic rings. The van der Waals surface area contributed by atoms with E-state index in [-0.39, 0.29) is 11.9 Å². The Morgan fingerprint density at radius 2 is 2.25 bits per heavy atom. The van der Waals surface area contributed by atoms with Crippen LogP contribution in [0.25, 0.3) is 0 Å². The summed E-state index contributed by atoms with van der Waals surface area (Å²) in [6.07, 6.45) is 3.88. The first kappa shape index (κ1) is 15.0. The number of piperazine rings is 1. The molecule has 0 bridgehead atoms. The van der Waals surface area contributed by atoms with Crippen LogP contribution in [0.15, 0.2) is 12.4 Å². The summed E-state index contributed by atoms with van der Waals surface area (Å²) in [5.74, 6) is 0.0965. The van der Waals surface area contributed by atoms with Crippen LogP contribution in [0, 0.1) is 0 Å². The van der Waals surface area contributed by atoms with Gasteiger partial charge in [-0.15, -0.1) is 0 Å². The van der Waals surface area contributed by atoms with E-state index in [0.29, 0.717) is 6.04 Å². The molecule has 0 radical (unpaired) electrons. The van der Waals surface area contributed by atoms with Gasteiger partial charge in [-0.3, -0.25) is 19.3 Å². The van der Waals surface area contributed by atoms with Crippen LogP contribution in [0.4, 0.5) is 0 Å². The number of carbonyl (C=O) groups excluding carboxylic acids is 1. The minimum atomic E-state index is -0.0867. The predicted octanol–water partition coefficient (Wildman–Crippen LogP) is 0.0607. The molecular weight excluding hydrogens is 254 g/mol. The van der Waals surface area contributed by atoms with E-state index in [4.69, 9.17) is 0 Å². The summed E-state index contributed by atoms with van der Waals surface area (Å²) in [4.78, 5) is 16.7. The van der Waals surface area contributed by atoms with Gasteiger partial charge in [0.1, 0.15) is 6.04 Å². The first-order valence-corrected chi connectivity index (χ1v) is 7.18. The van der Waals surface area contributed by atoms with Gasteiger partial charge in [-0.05, 0) is 13.8 Å². The molecule has 1 fully saturated rings. The fourth-order valence-electron chi connectivity index (χ4n) is 2.70. The molecule has 112 valence electrons. The summed E-state index contributed by atoms with van der Waals surface area (Å²) in [6.45, 7) is 7.83. The summed E-state index contributed by atoms with van der Waals surface area (Å²) in [7, 11) is 3.62. The van der Waals surface area contributed by atoms with Crippen molar-refractivity contribution >= 4 is 5.91 Å². The zero-order valence-electron chi connectivity index (χ0n) is 12.8. The Bertz CT molecular complexity index is 456. The number of hydrogen-bond acceptors (Lipinski definition) is 4. The fraction of sp³-hybridized carbons (Fsp3) is 0.714. The van der Waals surface area contributed by atoms with Crippen molar-refractivity contribution in [1.82, 2.24) is 24.9 Å². The molecule has 1 amide bonds. The smallest absolute Gasteiger partial charge is 0.238 e. The lowest BCUT2D eigenvalue weighted by Gasteiger charge is -2.41. The SMILES string of the molecule is CNC(=O)C1CN(C(C)C)CCN1Cc1cnn(C)c1. The second-order valence-electron chi connectivity index (χ2n) is 5.71. The molecule has 0 saturated carbocycles. The highest BCUT2D eigenvalue weighted by Gasteiger charge is 2.32. The average molecular weight is 279 g/mol. The lowest BCUT2D eigenvalue weighted by molar-refractivity contribution is -0.129. The van der Waals surface area contributed by atoms with Crippen molar-refractivity contribution in [3.8, 4) is 0 Å². The standard InChI is InChI=1S/C14H25N5O/c1-11(2)18-5-6-19(13(10-18)14(20)15-3)9-12-7-16-17(4)8-12/h7-8,11,13H,5-6,9-10H2,1-4H3,(H,15,20). The molecule has 0 aromatic carbocycles. The number of nitrogens with zero attached hydrogens (tertiary/aromatic N) is 4. The van der Waals surface area contributed by atoms with E-state index >= 15 is 0 Å². The van der Waals surface area contributed by atoms with E-state index in [9.17, 15) is 4.79 Å². The third-order valence-corrected chi connectivity index (χ3v) is 3.95. The summed E-state index contributed by atoms with van der Waals surface area (Å²) >= 11 is 0. The maximum atomic E-state index is 12.1. The van der Waals surface area contributed by atoms with Crippen molar-refractivity contribution in [1.29, 1.82) is 0 Å². The Balaban J connectivity index is 2.08. The van der Waals surface area contributed by atoms with Gasteiger partial charge in [-0.25, -0.2) is 0 Å². The highest BCUT2D eigenvalue weighted by Crippen LogP contribution is 2.16. The first-order valence-electron chi connectivity index (χ1n) is 7.18. The Morgan fingerprint density at radius 3 is 2.80 bits per heavy atom. The van der Waals surface area contributed by atoms with Crippen LogP contribution < -0.4 is 5.32 Å². The highest BCUT2D eigenvalue weighted by atomic mass is 16.2. The van der Waals surface area contributed by atoms with Crippen LogP contribution in [0.3, 0.4) is 0 Å². The van der Waals surface area contributed by atoms with E-state index in [1.54, 1.807) is 11.7 Å². The average Bonchev–Trinajstić information content (AvgIpc) is 2.83. The minimum absolute atomic E-state index is 0.0867. The maximum Gasteiger partial charge on any atom is 0.238 e. The molecule has 6 heteroatoms. The molecule has 1 N–H and O–H groups in total. The fourth-order valence-corrected chi connectivity index (χ4v) is 2.70. The van der Waals surface area contributed by atoms with E-state index in [2.05, 4.69) is 34.1 Å². The second-order valence-corrected chi connectivity index (χ2v) is 5.71. The normalized spacial score (nSPS) is 21.4. The minimum Gasteiger partial charge on any atom is -0.358 e. The topological polar surface area (TPSA) is 53.4 Å². The summed E-state index contributed by atoms with van der Waals surface area (Å²) in [6, 6.07) is 0.388. The molecule has 20 heavy (non-hydrogen) atoms. The number of rotatable bonds is 4. The molecule has 0 aliphatic carbocycles. The number of aromatic nitrogens is 2.